The molecule has 0 bridgehead atoms. The van der Waals surface area contributed by atoms with E-state index in [1.54, 1.807) is 0 Å². The minimum atomic E-state index is -0.655. The van der Waals surface area contributed by atoms with Crippen molar-refractivity contribution in [2.45, 2.75) is 32.4 Å². The summed E-state index contributed by atoms with van der Waals surface area (Å²) in [5, 5.41) is 9.70. The van der Waals surface area contributed by atoms with Crippen LogP contribution in [0.25, 0.3) is 0 Å². The van der Waals surface area contributed by atoms with Crippen LogP contribution >= 0.6 is 0 Å². The van der Waals surface area contributed by atoms with Crippen molar-refractivity contribution >= 4 is 5.91 Å². The normalized spacial score (nSPS) is 22.0. The van der Waals surface area contributed by atoms with Crippen molar-refractivity contribution in [2.75, 3.05) is 32.7 Å². The zero-order valence-electron chi connectivity index (χ0n) is 10.4. The predicted molar refractivity (Wildman–Crippen MR) is 63.0 cm³/mol. The molecule has 5 heteroatoms. The predicted octanol–water partition coefficient (Wildman–Crippen LogP) is -0.751. The number of hydrogen-bond donors (Lipinski definition) is 2. The average Bonchev–Trinajstić information content (AvgIpc) is 2.15. The van der Waals surface area contributed by atoms with Crippen LogP contribution in [0.15, 0.2) is 0 Å². The van der Waals surface area contributed by atoms with E-state index in [1.165, 1.54) is 0 Å². The van der Waals surface area contributed by atoms with Gasteiger partial charge < -0.3 is 10.8 Å². The molecule has 1 aliphatic heterocycles. The highest BCUT2D eigenvalue weighted by atomic mass is 16.3. The summed E-state index contributed by atoms with van der Waals surface area (Å²) in [6.07, 6.45) is 0. The highest BCUT2D eigenvalue weighted by Crippen LogP contribution is 2.10. The third-order valence-electron chi connectivity index (χ3n) is 2.98. The number of piperazine rings is 1. The number of rotatable bonds is 4. The van der Waals surface area contributed by atoms with E-state index in [0.717, 1.165) is 26.2 Å². The van der Waals surface area contributed by atoms with Crippen LogP contribution in [0, 0.1) is 0 Å². The molecule has 0 radical (unpaired) electrons. The highest BCUT2D eigenvalue weighted by molar-refractivity contribution is 5.79. The maximum atomic E-state index is 11.0. The molecule has 1 heterocycles. The molecule has 1 rings (SSSR count). The van der Waals surface area contributed by atoms with Gasteiger partial charge in [0.25, 0.3) is 0 Å². The van der Waals surface area contributed by atoms with E-state index in [0.29, 0.717) is 6.54 Å². The molecule has 94 valence electrons. The second-order valence-electron chi connectivity index (χ2n) is 5.20. The number of nitrogens with two attached hydrogens (primary N) is 1. The van der Waals surface area contributed by atoms with E-state index in [9.17, 15) is 9.90 Å². The van der Waals surface area contributed by atoms with E-state index >= 15 is 0 Å². The van der Waals surface area contributed by atoms with Crippen LogP contribution in [0.2, 0.25) is 0 Å². The molecule has 0 saturated carbocycles. The summed E-state index contributed by atoms with van der Waals surface area (Å²) in [6, 6.07) is -0.190. The summed E-state index contributed by atoms with van der Waals surface area (Å²) < 4.78 is 0. The second-order valence-corrected chi connectivity index (χ2v) is 5.20. The maximum Gasteiger partial charge on any atom is 0.234 e. The van der Waals surface area contributed by atoms with Crippen LogP contribution in [0.4, 0.5) is 0 Å². The number of primary amides is 1. The first-order valence-corrected chi connectivity index (χ1v) is 5.78. The lowest BCUT2D eigenvalue weighted by atomic mass is 10.1. The summed E-state index contributed by atoms with van der Waals surface area (Å²) in [6.45, 7) is 9.56. The van der Waals surface area contributed by atoms with Crippen molar-refractivity contribution in [2.24, 2.45) is 5.73 Å². The van der Waals surface area contributed by atoms with Crippen molar-refractivity contribution < 1.29 is 9.90 Å². The summed E-state index contributed by atoms with van der Waals surface area (Å²) in [5.41, 5.74) is 4.61. The Morgan fingerprint density at radius 3 is 2.25 bits per heavy atom. The Balaban J connectivity index is 2.37. The first-order valence-electron chi connectivity index (χ1n) is 5.78. The topological polar surface area (TPSA) is 69.8 Å². The summed E-state index contributed by atoms with van der Waals surface area (Å²) in [4.78, 5) is 15.3. The monoisotopic (exact) mass is 229 g/mol. The maximum absolute atomic E-state index is 11.0. The van der Waals surface area contributed by atoms with Gasteiger partial charge in [-0.25, -0.2) is 0 Å². The van der Waals surface area contributed by atoms with Crippen molar-refractivity contribution in [3.05, 3.63) is 0 Å². The first kappa shape index (κ1) is 13.4. The quantitative estimate of drug-likeness (QED) is 0.665. The molecule has 16 heavy (non-hydrogen) atoms. The summed E-state index contributed by atoms with van der Waals surface area (Å²) in [5.74, 6) is -0.268. The second kappa shape index (κ2) is 5.12. The van der Waals surface area contributed by atoms with Gasteiger partial charge in [-0.05, 0) is 20.8 Å². The van der Waals surface area contributed by atoms with Crippen LogP contribution < -0.4 is 5.73 Å². The van der Waals surface area contributed by atoms with E-state index in [-0.39, 0.29) is 11.9 Å². The smallest absolute Gasteiger partial charge is 0.234 e. The third-order valence-corrected chi connectivity index (χ3v) is 2.98. The zero-order chi connectivity index (χ0) is 12.3. The van der Waals surface area contributed by atoms with Gasteiger partial charge in [0.05, 0.1) is 11.6 Å². The molecule has 1 aliphatic rings. The lowest BCUT2D eigenvalue weighted by Gasteiger charge is -2.38. The molecule has 0 aromatic heterocycles. The Bertz CT molecular complexity index is 242. The number of hydrogen-bond acceptors (Lipinski definition) is 4. The standard InChI is InChI=1S/C11H23N3O2/c1-9(10(12)15)14-6-4-13(5-7-14)8-11(2,3)16/h9,16H,4-8H2,1-3H3,(H2,12,15). The number of carbonyl (C=O) groups is 1. The van der Waals surface area contributed by atoms with Gasteiger partial charge in [0.2, 0.25) is 5.91 Å². The van der Waals surface area contributed by atoms with Gasteiger partial charge in [-0.1, -0.05) is 0 Å². The molecular weight excluding hydrogens is 206 g/mol. The van der Waals surface area contributed by atoms with Crippen LogP contribution in [0.1, 0.15) is 20.8 Å². The van der Waals surface area contributed by atoms with Gasteiger partial charge in [-0.15, -0.1) is 0 Å². The molecule has 0 spiro atoms. The molecule has 1 fully saturated rings. The lowest BCUT2D eigenvalue weighted by Crippen LogP contribution is -2.55. The van der Waals surface area contributed by atoms with E-state index in [4.69, 9.17) is 5.73 Å². The van der Waals surface area contributed by atoms with Gasteiger partial charge in [0, 0.05) is 32.7 Å². The van der Waals surface area contributed by atoms with Gasteiger partial charge >= 0.3 is 0 Å². The molecule has 1 saturated heterocycles. The molecule has 0 aromatic carbocycles. The molecule has 1 amide bonds. The molecule has 1 unspecified atom stereocenters. The fourth-order valence-corrected chi connectivity index (χ4v) is 2.04. The van der Waals surface area contributed by atoms with Crippen LogP contribution in [0.3, 0.4) is 0 Å². The number of carbonyl (C=O) groups excluding carboxylic acids is 1. The van der Waals surface area contributed by atoms with Crippen molar-refractivity contribution in [1.82, 2.24) is 9.80 Å². The fraction of sp³-hybridized carbons (Fsp3) is 0.909. The SMILES string of the molecule is CC(C(N)=O)N1CCN(CC(C)(C)O)CC1. The molecule has 1 atom stereocenters. The van der Waals surface area contributed by atoms with Crippen molar-refractivity contribution in [1.29, 1.82) is 0 Å². The number of nitrogens with zero attached hydrogens (tertiary/aromatic N) is 2. The van der Waals surface area contributed by atoms with E-state index in [2.05, 4.69) is 9.80 Å². The minimum Gasteiger partial charge on any atom is -0.389 e. The Hall–Kier alpha value is -0.650. The summed E-state index contributed by atoms with van der Waals surface area (Å²) >= 11 is 0. The third kappa shape index (κ3) is 4.08. The Labute approximate surface area is 97.2 Å². The van der Waals surface area contributed by atoms with Crippen molar-refractivity contribution in [3.63, 3.8) is 0 Å². The van der Waals surface area contributed by atoms with Gasteiger partial charge in [0.15, 0.2) is 0 Å². The highest BCUT2D eigenvalue weighted by Gasteiger charge is 2.26. The summed E-state index contributed by atoms with van der Waals surface area (Å²) in [7, 11) is 0. The van der Waals surface area contributed by atoms with Crippen LogP contribution in [0.5, 0.6) is 0 Å². The Morgan fingerprint density at radius 2 is 1.88 bits per heavy atom. The first-order chi connectivity index (χ1) is 7.29. The van der Waals surface area contributed by atoms with E-state index < -0.39 is 5.60 Å². The van der Waals surface area contributed by atoms with Gasteiger partial charge in [-0.3, -0.25) is 14.6 Å². The largest absolute Gasteiger partial charge is 0.389 e. The fourth-order valence-electron chi connectivity index (χ4n) is 2.04. The number of β-amino-alcohol motifs (C(OH)–C–C–N with tert-alkyl or cyclic N) is 1. The van der Waals surface area contributed by atoms with Gasteiger partial charge in [-0.2, -0.15) is 0 Å². The Morgan fingerprint density at radius 1 is 1.38 bits per heavy atom. The van der Waals surface area contributed by atoms with E-state index in [1.807, 2.05) is 20.8 Å². The van der Waals surface area contributed by atoms with Gasteiger partial charge in [0.1, 0.15) is 0 Å². The van der Waals surface area contributed by atoms with Crippen LogP contribution in [-0.4, -0.2) is 65.2 Å². The number of aliphatic hydroxyl groups is 1. The van der Waals surface area contributed by atoms with Crippen molar-refractivity contribution in [3.8, 4) is 0 Å². The number of amides is 1. The molecule has 0 aromatic rings. The molecule has 5 nitrogen and oxygen atoms in total. The molecule has 3 N–H and O–H groups in total. The minimum absolute atomic E-state index is 0.190. The average molecular weight is 229 g/mol. The van der Waals surface area contributed by atoms with Crippen LogP contribution in [-0.2, 0) is 4.79 Å². The molecular formula is C11H23N3O2. The molecule has 0 aliphatic carbocycles. The zero-order valence-corrected chi connectivity index (χ0v) is 10.4. The lowest BCUT2D eigenvalue weighted by molar-refractivity contribution is -0.123. The Kier molecular flexibility index (Phi) is 4.29.